The number of carbonyl (C=O) groups excluding carboxylic acids is 2. The van der Waals surface area contributed by atoms with Crippen LogP contribution >= 0.6 is 0 Å². The van der Waals surface area contributed by atoms with E-state index in [2.05, 4.69) is 10.2 Å². The molecule has 1 aliphatic heterocycles. The molecule has 0 aliphatic carbocycles. The Balaban J connectivity index is 1.49. The first-order valence-corrected chi connectivity index (χ1v) is 13.1. The zero-order valence-electron chi connectivity index (χ0n) is 22.1. The Bertz CT molecular complexity index is 1300. The van der Waals surface area contributed by atoms with Gasteiger partial charge >= 0.3 is 6.18 Å². The standard InChI is InChI=1S/C30H32F3N3O3/c1-3-12-34-28(37)21-8-10-26(11-9-21)35-13-15-36(16-14-35)29(38)24-17-23(18-25(19-24)30(31,32)33)22-6-5-7-27(20-22)39-4-2/h5-11,17-20H,3-4,12-16H2,1-2H3,(H,34,37). The average molecular weight is 540 g/mol. The first-order chi connectivity index (χ1) is 18.7. The first kappa shape index (κ1) is 28.0. The van der Waals surface area contributed by atoms with Crippen LogP contribution in [0.5, 0.6) is 5.75 Å². The lowest BCUT2D eigenvalue weighted by molar-refractivity contribution is -0.137. The van der Waals surface area contributed by atoms with Crippen molar-refractivity contribution < 1.29 is 27.5 Å². The van der Waals surface area contributed by atoms with Gasteiger partial charge in [0.05, 0.1) is 12.2 Å². The summed E-state index contributed by atoms with van der Waals surface area (Å²) in [5.74, 6) is -0.0131. The van der Waals surface area contributed by atoms with Gasteiger partial charge in [-0.2, -0.15) is 13.2 Å². The fraction of sp³-hybridized carbons (Fsp3) is 0.333. The topological polar surface area (TPSA) is 61.9 Å². The van der Waals surface area contributed by atoms with Gasteiger partial charge in [-0.25, -0.2) is 0 Å². The number of hydrogen-bond donors (Lipinski definition) is 1. The highest BCUT2D eigenvalue weighted by atomic mass is 19.4. The Morgan fingerprint density at radius 3 is 2.23 bits per heavy atom. The molecule has 1 N–H and O–H groups in total. The van der Waals surface area contributed by atoms with Crippen LogP contribution in [0.2, 0.25) is 0 Å². The Morgan fingerprint density at radius 1 is 0.872 bits per heavy atom. The molecule has 3 aromatic carbocycles. The lowest BCUT2D eigenvalue weighted by Crippen LogP contribution is -2.48. The van der Waals surface area contributed by atoms with Crippen LogP contribution in [0.3, 0.4) is 0 Å². The number of anilines is 1. The van der Waals surface area contributed by atoms with Gasteiger partial charge in [0.1, 0.15) is 5.75 Å². The number of nitrogens with one attached hydrogen (secondary N) is 1. The van der Waals surface area contributed by atoms with Gasteiger partial charge in [-0.15, -0.1) is 0 Å². The largest absolute Gasteiger partial charge is 0.494 e. The quantitative estimate of drug-likeness (QED) is 0.389. The molecule has 1 heterocycles. The minimum absolute atomic E-state index is 0.00228. The highest BCUT2D eigenvalue weighted by Gasteiger charge is 2.33. The number of halogens is 3. The molecule has 6 nitrogen and oxygen atoms in total. The third-order valence-corrected chi connectivity index (χ3v) is 6.58. The Hall–Kier alpha value is -4.01. The summed E-state index contributed by atoms with van der Waals surface area (Å²) in [6.07, 6.45) is -3.74. The Morgan fingerprint density at radius 2 is 1.59 bits per heavy atom. The molecule has 0 atom stereocenters. The summed E-state index contributed by atoms with van der Waals surface area (Å²) in [7, 11) is 0. The van der Waals surface area contributed by atoms with Crippen LogP contribution in [0.15, 0.2) is 66.7 Å². The minimum atomic E-state index is -4.60. The second kappa shape index (κ2) is 12.2. The molecule has 0 aromatic heterocycles. The molecule has 0 bridgehead atoms. The number of alkyl halides is 3. The monoisotopic (exact) mass is 539 g/mol. The summed E-state index contributed by atoms with van der Waals surface area (Å²) >= 11 is 0. The number of rotatable bonds is 8. The van der Waals surface area contributed by atoms with Crippen molar-refractivity contribution in [3.63, 3.8) is 0 Å². The summed E-state index contributed by atoms with van der Waals surface area (Å²) < 4.78 is 46.8. The maximum atomic E-state index is 13.8. The fourth-order valence-corrected chi connectivity index (χ4v) is 4.53. The number of ether oxygens (including phenoxy) is 1. The third kappa shape index (κ3) is 6.90. The van der Waals surface area contributed by atoms with Crippen LogP contribution in [-0.2, 0) is 6.18 Å². The summed E-state index contributed by atoms with van der Waals surface area (Å²) in [5, 5.41) is 2.84. The molecule has 0 saturated carbocycles. The lowest BCUT2D eigenvalue weighted by atomic mass is 9.98. The van der Waals surface area contributed by atoms with Crippen molar-refractivity contribution in [1.82, 2.24) is 10.2 Å². The molecule has 39 heavy (non-hydrogen) atoms. The highest BCUT2D eigenvalue weighted by molar-refractivity contribution is 5.96. The average Bonchev–Trinajstić information content (AvgIpc) is 2.95. The molecule has 1 fully saturated rings. The predicted octanol–water partition coefficient (Wildman–Crippen LogP) is 5.87. The van der Waals surface area contributed by atoms with E-state index in [0.717, 1.165) is 24.2 Å². The van der Waals surface area contributed by atoms with Gasteiger partial charge in [-0.05, 0) is 79.1 Å². The zero-order chi connectivity index (χ0) is 28.0. The highest BCUT2D eigenvalue weighted by Crippen LogP contribution is 2.35. The van der Waals surface area contributed by atoms with E-state index in [-0.39, 0.29) is 11.5 Å². The molecule has 0 radical (unpaired) electrons. The molecule has 1 aliphatic rings. The van der Waals surface area contributed by atoms with Crippen molar-refractivity contribution >= 4 is 17.5 Å². The van der Waals surface area contributed by atoms with Crippen LogP contribution in [0.4, 0.5) is 18.9 Å². The van der Waals surface area contributed by atoms with Crippen molar-refractivity contribution in [2.45, 2.75) is 26.4 Å². The molecule has 0 unspecified atom stereocenters. The SMILES string of the molecule is CCCNC(=O)c1ccc(N2CCN(C(=O)c3cc(-c4cccc(OCC)c4)cc(C(F)(F)F)c3)CC2)cc1. The molecule has 1 saturated heterocycles. The molecule has 0 spiro atoms. The fourth-order valence-electron chi connectivity index (χ4n) is 4.53. The molecule has 3 aromatic rings. The number of piperazine rings is 1. The second-order valence-corrected chi connectivity index (χ2v) is 9.34. The second-order valence-electron chi connectivity index (χ2n) is 9.34. The van der Waals surface area contributed by atoms with E-state index in [1.165, 1.54) is 6.07 Å². The lowest BCUT2D eigenvalue weighted by Gasteiger charge is -2.36. The van der Waals surface area contributed by atoms with Gasteiger partial charge in [0.15, 0.2) is 0 Å². The number of nitrogens with zero attached hydrogens (tertiary/aromatic N) is 2. The summed E-state index contributed by atoms with van der Waals surface area (Å²) in [4.78, 5) is 29.2. The van der Waals surface area contributed by atoms with E-state index in [0.29, 0.717) is 61.8 Å². The van der Waals surface area contributed by atoms with Crippen molar-refractivity contribution in [2.24, 2.45) is 0 Å². The Kier molecular flexibility index (Phi) is 8.79. The molecular formula is C30H32F3N3O3. The van der Waals surface area contributed by atoms with Gasteiger partial charge in [0.25, 0.3) is 11.8 Å². The van der Waals surface area contributed by atoms with Crippen LogP contribution in [0, 0.1) is 0 Å². The zero-order valence-corrected chi connectivity index (χ0v) is 22.1. The van der Waals surface area contributed by atoms with Crippen LogP contribution in [-0.4, -0.2) is 56.0 Å². The molecule has 4 rings (SSSR count). The van der Waals surface area contributed by atoms with Crippen molar-refractivity contribution in [1.29, 1.82) is 0 Å². The molecule has 206 valence electrons. The van der Waals surface area contributed by atoms with Gasteiger partial charge in [0.2, 0.25) is 0 Å². The maximum Gasteiger partial charge on any atom is 0.416 e. The van der Waals surface area contributed by atoms with Gasteiger partial charge < -0.3 is 19.9 Å². The van der Waals surface area contributed by atoms with Gasteiger partial charge in [0, 0.05) is 49.5 Å². The van der Waals surface area contributed by atoms with Gasteiger partial charge in [-0.1, -0.05) is 19.1 Å². The molecule has 2 amide bonds. The van der Waals surface area contributed by atoms with Crippen LogP contribution in [0.25, 0.3) is 11.1 Å². The summed E-state index contributed by atoms with van der Waals surface area (Å²) in [6, 6.07) is 17.6. The normalized spacial score (nSPS) is 13.8. The van der Waals surface area contributed by atoms with E-state index in [9.17, 15) is 22.8 Å². The number of amides is 2. The Labute approximate surface area is 226 Å². The number of hydrogen-bond acceptors (Lipinski definition) is 4. The number of benzene rings is 3. The third-order valence-electron chi connectivity index (χ3n) is 6.58. The first-order valence-electron chi connectivity index (χ1n) is 13.1. The van der Waals surface area contributed by atoms with Crippen LogP contribution < -0.4 is 15.0 Å². The van der Waals surface area contributed by atoms with Crippen molar-refractivity contribution in [3.05, 3.63) is 83.4 Å². The summed E-state index contributed by atoms with van der Waals surface area (Å²) in [5.41, 5.74) is 1.47. The van der Waals surface area contributed by atoms with E-state index in [4.69, 9.17) is 4.74 Å². The minimum Gasteiger partial charge on any atom is -0.494 e. The van der Waals surface area contributed by atoms with E-state index in [1.807, 2.05) is 26.0 Å². The van der Waals surface area contributed by atoms with E-state index >= 15 is 0 Å². The molecule has 9 heteroatoms. The molecular weight excluding hydrogens is 507 g/mol. The summed E-state index contributed by atoms with van der Waals surface area (Å²) in [6.45, 7) is 6.64. The predicted molar refractivity (Wildman–Crippen MR) is 145 cm³/mol. The van der Waals surface area contributed by atoms with Crippen molar-refractivity contribution in [2.75, 3.05) is 44.2 Å². The van der Waals surface area contributed by atoms with Crippen molar-refractivity contribution in [3.8, 4) is 16.9 Å². The van der Waals surface area contributed by atoms with E-state index in [1.54, 1.807) is 41.3 Å². The van der Waals surface area contributed by atoms with Crippen LogP contribution in [0.1, 0.15) is 46.5 Å². The smallest absolute Gasteiger partial charge is 0.416 e. The van der Waals surface area contributed by atoms with E-state index < -0.39 is 17.6 Å². The van der Waals surface area contributed by atoms with Gasteiger partial charge in [-0.3, -0.25) is 9.59 Å². The number of carbonyl (C=O) groups is 2. The maximum absolute atomic E-state index is 13.8.